The molecule has 27 heavy (non-hydrogen) atoms. The van der Waals surface area contributed by atoms with Crippen LogP contribution in [0.5, 0.6) is 11.5 Å². The smallest absolute Gasteiger partial charge is 0.235 e. The Morgan fingerprint density at radius 1 is 1.15 bits per heavy atom. The van der Waals surface area contributed by atoms with Gasteiger partial charge in [0.05, 0.1) is 16.1 Å². The summed E-state index contributed by atoms with van der Waals surface area (Å²) in [4.78, 5) is 17.5. The topological polar surface area (TPSA) is 60.5 Å². The lowest BCUT2D eigenvalue weighted by molar-refractivity contribution is -0.118. The van der Waals surface area contributed by atoms with E-state index in [-0.39, 0.29) is 14.1 Å². The van der Waals surface area contributed by atoms with Crippen LogP contribution < -0.4 is 14.8 Å². The monoisotopic (exact) mass is 380 g/mol. The number of anilines is 1. The molecule has 1 aliphatic carbocycles. The van der Waals surface area contributed by atoms with Crippen molar-refractivity contribution >= 4 is 22.9 Å². The third-order valence-corrected chi connectivity index (χ3v) is 5.94. The molecule has 3 aromatic rings. The highest BCUT2D eigenvalue weighted by molar-refractivity contribution is 7.09. The molecule has 2 heterocycles. The Labute approximate surface area is 162 Å². The number of thiazole rings is 1. The number of carbonyl (C=O) groups is 1. The molecule has 2 aliphatic rings. The number of fused-ring (bicyclic) bond motifs is 1. The Morgan fingerprint density at radius 3 is 2.63 bits per heavy atom. The van der Waals surface area contributed by atoms with E-state index in [2.05, 4.69) is 10.3 Å². The summed E-state index contributed by atoms with van der Waals surface area (Å²) in [5.74, 6) is 1.48. The highest BCUT2D eigenvalue weighted by atomic mass is 32.1. The minimum atomic E-state index is -0.467. The van der Waals surface area contributed by atoms with Gasteiger partial charge in [0.1, 0.15) is 0 Å². The fourth-order valence-corrected chi connectivity index (χ4v) is 4.06. The normalized spacial score (nSPS) is 16.2. The van der Waals surface area contributed by atoms with Crippen molar-refractivity contribution in [3.05, 3.63) is 58.4 Å². The van der Waals surface area contributed by atoms with Gasteiger partial charge in [0, 0.05) is 18.1 Å². The summed E-state index contributed by atoms with van der Waals surface area (Å²) in [6, 6.07) is 13.6. The SMILES string of the molecule is Cc1nc(-c2ccc(NC(=O)C3(c4ccc5c(c4)OCO5)CC3)cc2)cs1.[HH]. The molecule has 1 amide bonds. The zero-order chi connectivity index (χ0) is 18.4. The first kappa shape index (κ1) is 16.3. The number of benzene rings is 2. The molecule has 6 heteroatoms. The molecule has 0 saturated heterocycles. The average molecular weight is 380 g/mol. The number of aromatic nitrogens is 1. The first-order chi connectivity index (χ1) is 13.1. The maximum Gasteiger partial charge on any atom is 0.235 e. The largest absolute Gasteiger partial charge is 0.454 e. The number of nitrogens with zero attached hydrogens (tertiary/aromatic N) is 1. The number of hydrogen-bond donors (Lipinski definition) is 1. The second-order valence-corrected chi connectivity index (χ2v) is 8.00. The van der Waals surface area contributed by atoms with Crippen molar-refractivity contribution in [2.45, 2.75) is 25.2 Å². The number of hydrogen-bond acceptors (Lipinski definition) is 5. The molecule has 0 bridgehead atoms. The van der Waals surface area contributed by atoms with E-state index < -0.39 is 5.41 Å². The molecule has 1 N–H and O–H groups in total. The van der Waals surface area contributed by atoms with E-state index in [9.17, 15) is 4.79 Å². The summed E-state index contributed by atoms with van der Waals surface area (Å²) in [7, 11) is 0. The van der Waals surface area contributed by atoms with Gasteiger partial charge in [-0.3, -0.25) is 4.79 Å². The summed E-state index contributed by atoms with van der Waals surface area (Å²) in [6.45, 7) is 2.23. The van der Waals surface area contributed by atoms with Gasteiger partial charge in [-0.15, -0.1) is 11.3 Å². The summed E-state index contributed by atoms with van der Waals surface area (Å²) >= 11 is 1.63. The van der Waals surface area contributed by atoms with Gasteiger partial charge in [0.2, 0.25) is 12.7 Å². The number of nitrogens with one attached hydrogen (secondary N) is 1. The van der Waals surface area contributed by atoms with Crippen LogP contribution in [0.25, 0.3) is 11.3 Å². The lowest BCUT2D eigenvalue weighted by Crippen LogP contribution is -2.27. The van der Waals surface area contributed by atoms with Gasteiger partial charge in [-0.25, -0.2) is 4.98 Å². The third kappa shape index (κ3) is 2.86. The first-order valence-electron chi connectivity index (χ1n) is 8.88. The molecule has 5 nitrogen and oxygen atoms in total. The zero-order valence-electron chi connectivity index (χ0n) is 14.8. The minimum absolute atomic E-state index is 0. The van der Waals surface area contributed by atoms with Gasteiger partial charge < -0.3 is 14.8 Å². The van der Waals surface area contributed by atoms with Crippen molar-refractivity contribution in [3.8, 4) is 22.8 Å². The molecule has 1 aliphatic heterocycles. The van der Waals surface area contributed by atoms with Crippen LogP contribution in [0.4, 0.5) is 5.69 Å². The van der Waals surface area contributed by atoms with Crippen LogP contribution in [-0.2, 0) is 10.2 Å². The number of amides is 1. The molecule has 1 saturated carbocycles. The highest BCUT2D eigenvalue weighted by Gasteiger charge is 2.51. The molecule has 2 aromatic carbocycles. The molecular formula is C21H20N2O3S. The molecular weight excluding hydrogens is 360 g/mol. The maximum atomic E-state index is 13.0. The van der Waals surface area contributed by atoms with Crippen molar-refractivity contribution in [2.75, 3.05) is 12.1 Å². The van der Waals surface area contributed by atoms with Crippen LogP contribution >= 0.6 is 11.3 Å². The van der Waals surface area contributed by atoms with Gasteiger partial charge in [0.25, 0.3) is 0 Å². The van der Waals surface area contributed by atoms with Crippen LogP contribution in [0.15, 0.2) is 47.8 Å². The van der Waals surface area contributed by atoms with Crippen molar-refractivity contribution in [3.63, 3.8) is 0 Å². The summed E-state index contributed by atoms with van der Waals surface area (Å²) < 4.78 is 10.8. The van der Waals surface area contributed by atoms with Crippen LogP contribution in [0.1, 0.15) is 24.8 Å². The fraction of sp³-hybridized carbons (Fsp3) is 0.238. The molecule has 1 fully saturated rings. The molecule has 1 aromatic heterocycles. The van der Waals surface area contributed by atoms with Crippen molar-refractivity contribution in [2.24, 2.45) is 0 Å². The van der Waals surface area contributed by atoms with Crippen molar-refractivity contribution in [1.82, 2.24) is 4.98 Å². The van der Waals surface area contributed by atoms with Crippen LogP contribution in [0, 0.1) is 6.92 Å². The molecule has 0 radical (unpaired) electrons. The maximum absolute atomic E-state index is 13.0. The minimum Gasteiger partial charge on any atom is -0.454 e. The second-order valence-electron chi connectivity index (χ2n) is 6.93. The van der Waals surface area contributed by atoms with Crippen LogP contribution in [0.3, 0.4) is 0 Å². The van der Waals surface area contributed by atoms with E-state index in [1.165, 1.54) is 0 Å². The molecule has 0 spiro atoms. The summed E-state index contributed by atoms with van der Waals surface area (Å²) in [5, 5.41) is 6.15. The van der Waals surface area contributed by atoms with E-state index in [1.54, 1.807) is 11.3 Å². The van der Waals surface area contributed by atoms with Crippen molar-refractivity contribution < 1.29 is 15.7 Å². The third-order valence-electron chi connectivity index (χ3n) is 5.17. The Bertz CT molecular complexity index is 1030. The summed E-state index contributed by atoms with van der Waals surface area (Å²) in [6.07, 6.45) is 1.68. The molecule has 138 valence electrons. The average Bonchev–Trinajstić information content (AvgIpc) is 3.16. The number of aryl methyl sites for hydroxylation is 1. The fourth-order valence-electron chi connectivity index (χ4n) is 3.44. The predicted molar refractivity (Wildman–Crippen MR) is 107 cm³/mol. The van der Waals surface area contributed by atoms with Gasteiger partial charge in [-0.2, -0.15) is 0 Å². The van der Waals surface area contributed by atoms with Crippen LogP contribution in [0.2, 0.25) is 0 Å². The van der Waals surface area contributed by atoms with Crippen molar-refractivity contribution in [1.29, 1.82) is 0 Å². The van der Waals surface area contributed by atoms with Crippen LogP contribution in [-0.4, -0.2) is 17.7 Å². The van der Waals surface area contributed by atoms with Gasteiger partial charge in [-0.1, -0.05) is 18.2 Å². The Morgan fingerprint density at radius 2 is 1.93 bits per heavy atom. The van der Waals surface area contributed by atoms with Gasteiger partial charge >= 0.3 is 0 Å². The van der Waals surface area contributed by atoms with Gasteiger partial charge in [0.15, 0.2) is 11.5 Å². The Balaban J connectivity index is 0.00000192. The number of rotatable bonds is 4. The first-order valence-corrected chi connectivity index (χ1v) is 9.76. The molecule has 5 rings (SSSR count). The predicted octanol–water partition coefficient (Wildman–Crippen LogP) is 4.76. The molecule has 0 unspecified atom stereocenters. The van der Waals surface area contributed by atoms with Gasteiger partial charge in [-0.05, 0) is 49.6 Å². The summed E-state index contributed by atoms with van der Waals surface area (Å²) in [5.41, 5.74) is 3.33. The van der Waals surface area contributed by atoms with E-state index in [4.69, 9.17) is 9.47 Å². The van der Waals surface area contributed by atoms with E-state index in [0.717, 1.165) is 51.9 Å². The Kier molecular flexibility index (Phi) is 3.68. The zero-order valence-corrected chi connectivity index (χ0v) is 15.6. The second kappa shape index (κ2) is 6.09. The quantitative estimate of drug-likeness (QED) is 0.709. The Hall–Kier alpha value is -2.86. The van der Waals surface area contributed by atoms with E-state index >= 15 is 0 Å². The number of carbonyl (C=O) groups excluding carboxylic acids is 1. The van der Waals surface area contributed by atoms with E-state index in [1.807, 2.05) is 54.8 Å². The van der Waals surface area contributed by atoms with E-state index in [0.29, 0.717) is 0 Å². The lowest BCUT2D eigenvalue weighted by Gasteiger charge is -2.16. The highest BCUT2D eigenvalue weighted by Crippen LogP contribution is 2.51. The standard InChI is InChI=1S/C21H18N2O3S.H2/c1-13-22-17(11-27-13)14-2-5-16(6-3-14)23-20(24)21(8-9-21)15-4-7-18-19(10-15)26-12-25-18;/h2-7,10-11H,8-9,12H2,1H3,(H,23,24);1H. The lowest BCUT2D eigenvalue weighted by atomic mass is 9.94. The molecule has 0 atom stereocenters. The number of ether oxygens (including phenoxy) is 2.